The van der Waals surface area contributed by atoms with Crippen molar-refractivity contribution in [3.8, 4) is 5.75 Å². The van der Waals surface area contributed by atoms with Gasteiger partial charge in [-0.15, -0.1) is 0 Å². The molecule has 1 aliphatic rings. The zero-order valence-electron chi connectivity index (χ0n) is 17.6. The van der Waals surface area contributed by atoms with E-state index >= 15 is 0 Å². The van der Waals surface area contributed by atoms with Gasteiger partial charge in [0.2, 0.25) is 0 Å². The van der Waals surface area contributed by atoms with Crippen molar-refractivity contribution in [1.29, 1.82) is 0 Å². The molecule has 1 N–H and O–H groups in total. The summed E-state index contributed by atoms with van der Waals surface area (Å²) >= 11 is 5.82. The van der Waals surface area contributed by atoms with Crippen LogP contribution < -0.4 is 15.0 Å². The highest BCUT2D eigenvalue weighted by molar-refractivity contribution is 7.80. The van der Waals surface area contributed by atoms with Gasteiger partial charge in [0.15, 0.2) is 5.11 Å². The van der Waals surface area contributed by atoms with Crippen molar-refractivity contribution >= 4 is 23.0 Å². The molecule has 1 fully saturated rings. The molecule has 0 unspecified atom stereocenters. The van der Waals surface area contributed by atoms with E-state index in [2.05, 4.69) is 49.1 Å². The number of hydrogen-bond donors (Lipinski definition) is 1. The highest BCUT2D eigenvalue weighted by Gasteiger charge is 2.42. The zero-order valence-corrected chi connectivity index (χ0v) is 18.4. The van der Waals surface area contributed by atoms with Crippen molar-refractivity contribution in [2.75, 3.05) is 12.0 Å². The molecule has 4 heterocycles. The molecule has 0 bridgehead atoms. The van der Waals surface area contributed by atoms with Gasteiger partial charge in [0.1, 0.15) is 11.8 Å². The van der Waals surface area contributed by atoms with Gasteiger partial charge in [-0.1, -0.05) is 12.1 Å². The minimum atomic E-state index is -0.0895. The van der Waals surface area contributed by atoms with E-state index in [0.29, 0.717) is 5.11 Å². The number of hydrogen-bond acceptors (Lipinski definition) is 4. The molecule has 2 atom stereocenters. The van der Waals surface area contributed by atoms with Gasteiger partial charge in [0.05, 0.1) is 18.8 Å². The Balaban J connectivity index is 1.59. The van der Waals surface area contributed by atoms with E-state index in [1.165, 1.54) is 0 Å². The first-order valence-electron chi connectivity index (χ1n) is 10.4. The van der Waals surface area contributed by atoms with Gasteiger partial charge in [-0.05, 0) is 72.4 Å². The van der Waals surface area contributed by atoms with E-state index in [1.807, 2.05) is 60.9 Å². The summed E-state index contributed by atoms with van der Waals surface area (Å²) < 4.78 is 7.60. The standard InChI is InChI=1S/C25H23N5OS/c1-31-20-11-9-19(10-12-20)30-24(23(28-25(30)32)21-7-2-3-14-27-21)22-8-5-15-29(22)17-18-6-4-13-26-16-18/h2-16,23-24H,17H2,1H3,(H,28,32)/t23-,24+/m1/s1. The van der Waals surface area contributed by atoms with Crippen molar-refractivity contribution in [3.05, 3.63) is 108 Å². The summed E-state index contributed by atoms with van der Waals surface area (Å²) in [6, 6.07) is 22.1. The molecule has 7 heteroatoms. The smallest absolute Gasteiger partial charge is 0.174 e. The summed E-state index contributed by atoms with van der Waals surface area (Å²) in [5.74, 6) is 0.810. The van der Waals surface area contributed by atoms with E-state index in [4.69, 9.17) is 17.0 Å². The van der Waals surface area contributed by atoms with Crippen LogP contribution in [0.1, 0.15) is 29.0 Å². The molecule has 160 valence electrons. The van der Waals surface area contributed by atoms with Crippen LogP contribution in [0.4, 0.5) is 5.69 Å². The monoisotopic (exact) mass is 441 g/mol. The average Bonchev–Trinajstić information content (AvgIpc) is 3.44. The molecule has 1 saturated heterocycles. The largest absolute Gasteiger partial charge is 0.497 e. The SMILES string of the molecule is COc1ccc(N2C(=S)N[C@H](c3ccccn3)[C@@H]2c2cccn2Cc2cccnc2)cc1. The first kappa shape index (κ1) is 20.2. The van der Waals surface area contributed by atoms with Crippen molar-refractivity contribution in [2.45, 2.75) is 18.6 Å². The fourth-order valence-electron chi connectivity index (χ4n) is 4.20. The Morgan fingerprint density at radius 3 is 2.59 bits per heavy atom. The van der Waals surface area contributed by atoms with Crippen LogP contribution in [0.2, 0.25) is 0 Å². The lowest BCUT2D eigenvalue weighted by Gasteiger charge is -2.29. The lowest BCUT2D eigenvalue weighted by Crippen LogP contribution is -2.30. The van der Waals surface area contributed by atoms with Gasteiger partial charge in [-0.25, -0.2) is 0 Å². The zero-order chi connectivity index (χ0) is 21.9. The molecule has 6 nitrogen and oxygen atoms in total. The maximum absolute atomic E-state index is 5.82. The van der Waals surface area contributed by atoms with E-state index < -0.39 is 0 Å². The van der Waals surface area contributed by atoms with Crippen molar-refractivity contribution in [1.82, 2.24) is 19.9 Å². The Bertz CT molecular complexity index is 1190. The first-order valence-corrected chi connectivity index (χ1v) is 10.8. The Morgan fingerprint density at radius 2 is 1.88 bits per heavy atom. The predicted molar refractivity (Wildman–Crippen MR) is 129 cm³/mol. The minimum Gasteiger partial charge on any atom is -0.497 e. The Morgan fingerprint density at radius 1 is 1.00 bits per heavy atom. The van der Waals surface area contributed by atoms with Gasteiger partial charge in [-0.3, -0.25) is 9.97 Å². The molecule has 4 aromatic rings. The number of benzene rings is 1. The first-order chi connectivity index (χ1) is 15.7. The third-order valence-corrected chi connectivity index (χ3v) is 6.01. The van der Waals surface area contributed by atoms with Crippen molar-refractivity contribution in [2.24, 2.45) is 0 Å². The maximum Gasteiger partial charge on any atom is 0.174 e. The molecule has 5 rings (SSSR count). The summed E-state index contributed by atoms with van der Waals surface area (Å²) in [4.78, 5) is 11.1. The summed E-state index contributed by atoms with van der Waals surface area (Å²) in [6.07, 6.45) is 7.62. The predicted octanol–water partition coefficient (Wildman–Crippen LogP) is 4.51. The second-order valence-electron chi connectivity index (χ2n) is 7.62. The second kappa shape index (κ2) is 8.80. The lowest BCUT2D eigenvalue weighted by atomic mass is 10.0. The molecule has 32 heavy (non-hydrogen) atoms. The van der Waals surface area contributed by atoms with Crippen molar-refractivity contribution < 1.29 is 4.74 Å². The molecular weight excluding hydrogens is 418 g/mol. The van der Waals surface area contributed by atoms with E-state index in [-0.39, 0.29) is 12.1 Å². The van der Waals surface area contributed by atoms with Gasteiger partial charge >= 0.3 is 0 Å². The number of nitrogens with zero attached hydrogens (tertiary/aromatic N) is 4. The highest BCUT2D eigenvalue weighted by Crippen LogP contribution is 2.42. The van der Waals surface area contributed by atoms with E-state index in [9.17, 15) is 0 Å². The number of aromatic nitrogens is 3. The Labute approximate surface area is 192 Å². The highest BCUT2D eigenvalue weighted by atomic mass is 32.1. The van der Waals surface area contributed by atoms with Gasteiger partial charge in [0.25, 0.3) is 0 Å². The summed E-state index contributed by atoms with van der Waals surface area (Å²) in [5.41, 5.74) is 4.24. The van der Waals surface area contributed by atoms with Crippen LogP contribution in [-0.4, -0.2) is 26.8 Å². The van der Waals surface area contributed by atoms with Crippen LogP contribution in [0.15, 0.2) is 91.5 Å². The number of thiocarbonyl (C=S) groups is 1. The molecule has 1 aromatic carbocycles. The normalized spacial score (nSPS) is 17.9. The van der Waals surface area contributed by atoms with Crippen LogP contribution in [0, 0.1) is 0 Å². The third-order valence-electron chi connectivity index (χ3n) is 5.69. The molecule has 0 radical (unpaired) electrons. The fourth-order valence-corrected chi connectivity index (χ4v) is 4.55. The second-order valence-corrected chi connectivity index (χ2v) is 8.00. The number of pyridine rings is 2. The molecule has 0 saturated carbocycles. The van der Waals surface area contributed by atoms with Crippen LogP contribution in [-0.2, 0) is 6.54 Å². The summed E-state index contributed by atoms with van der Waals surface area (Å²) in [5, 5.41) is 4.19. The minimum absolute atomic E-state index is 0.0718. The number of nitrogens with one attached hydrogen (secondary N) is 1. The number of methoxy groups -OCH3 is 1. The quantitative estimate of drug-likeness (QED) is 0.444. The molecule has 0 amide bonds. The summed E-state index contributed by atoms with van der Waals surface area (Å²) in [7, 11) is 1.67. The van der Waals surface area contributed by atoms with E-state index in [1.54, 1.807) is 13.3 Å². The van der Waals surface area contributed by atoms with Crippen molar-refractivity contribution in [3.63, 3.8) is 0 Å². The maximum atomic E-state index is 5.82. The summed E-state index contributed by atoms with van der Waals surface area (Å²) in [6.45, 7) is 0.727. The Hall–Kier alpha value is -3.71. The number of rotatable bonds is 6. The van der Waals surface area contributed by atoms with Crippen LogP contribution in [0.25, 0.3) is 0 Å². The van der Waals surface area contributed by atoms with Crippen LogP contribution >= 0.6 is 12.2 Å². The topological polar surface area (TPSA) is 55.2 Å². The third kappa shape index (κ3) is 3.83. The van der Waals surface area contributed by atoms with Crippen LogP contribution in [0.5, 0.6) is 5.75 Å². The molecule has 0 aliphatic carbocycles. The molecule has 3 aromatic heterocycles. The van der Waals surface area contributed by atoms with E-state index in [0.717, 1.165) is 34.9 Å². The van der Waals surface area contributed by atoms with Gasteiger partial charge in [0, 0.05) is 42.7 Å². The van der Waals surface area contributed by atoms with Gasteiger partial charge < -0.3 is 19.5 Å². The molecule has 1 aliphatic heterocycles. The number of anilines is 1. The fraction of sp³-hybridized carbons (Fsp3) is 0.160. The number of ether oxygens (including phenoxy) is 1. The molecule has 0 spiro atoms. The van der Waals surface area contributed by atoms with Crippen LogP contribution in [0.3, 0.4) is 0 Å². The van der Waals surface area contributed by atoms with Gasteiger partial charge in [-0.2, -0.15) is 0 Å². The molecular formula is C25H23N5OS. The lowest BCUT2D eigenvalue weighted by molar-refractivity contribution is 0.415. The Kier molecular flexibility index (Phi) is 5.56. The average molecular weight is 442 g/mol.